The molecule has 0 bridgehead atoms. The molecule has 0 aromatic carbocycles. The zero-order valence-corrected chi connectivity index (χ0v) is 11.1. The molecule has 2 rings (SSSR count). The summed E-state index contributed by atoms with van der Waals surface area (Å²) in [5.41, 5.74) is 9.04. The smallest absolute Gasteiger partial charge is 0.206 e. The van der Waals surface area contributed by atoms with Gasteiger partial charge in [0.1, 0.15) is 6.33 Å². The van der Waals surface area contributed by atoms with Crippen molar-refractivity contribution >= 4 is 5.82 Å². The highest BCUT2D eigenvalue weighted by Crippen LogP contribution is 2.27. The lowest BCUT2D eigenvalue weighted by Crippen LogP contribution is -2.08. The third-order valence-corrected chi connectivity index (χ3v) is 3.01. The molecule has 0 radical (unpaired) electrons. The summed E-state index contributed by atoms with van der Waals surface area (Å²) in [6.07, 6.45) is 2.34. The molecule has 96 valence electrons. The fourth-order valence-electron chi connectivity index (χ4n) is 2.12. The van der Waals surface area contributed by atoms with E-state index < -0.39 is 0 Å². The van der Waals surface area contributed by atoms with Crippen molar-refractivity contribution in [2.45, 2.75) is 27.2 Å². The predicted octanol–water partition coefficient (Wildman–Crippen LogP) is 1.43. The van der Waals surface area contributed by atoms with Crippen molar-refractivity contribution in [1.82, 2.24) is 19.7 Å². The summed E-state index contributed by atoms with van der Waals surface area (Å²) in [6, 6.07) is 0. The van der Waals surface area contributed by atoms with E-state index in [1.807, 2.05) is 13.8 Å². The Bertz CT molecular complexity index is 576. The van der Waals surface area contributed by atoms with Crippen molar-refractivity contribution in [3.05, 3.63) is 23.3 Å². The average molecular weight is 247 g/mol. The quantitative estimate of drug-likeness (QED) is 0.887. The number of aryl methyl sites for hydroxylation is 1. The highest BCUT2D eigenvalue weighted by Gasteiger charge is 2.17. The first kappa shape index (κ1) is 12.3. The maximum Gasteiger partial charge on any atom is 0.206 e. The number of rotatable bonds is 3. The molecule has 0 aliphatic carbocycles. The van der Waals surface area contributed by atoms with Crippen LogP contribution in [0.1, 0.15) is 23.9 Å². The molecule has 6 heteroatoms. The van der Waals surface area contributed by atoms with E-state index in [9.17, 15) is 0 Å². The summed E-state index contributed by atoms with van der Waals surface area (Å²) >= 11 is 0. The van der Waals surface area contributed by atoms with Crippen LogP contribution in [0.25, 0.3) is 5.82 Å². The Balaban J connectivity index is 2.66. The Morgan fingerprint density at radius 1 is 1.33 bits per heavy atom. The summed E-state index contributed by atoms with van der Waals surface area (Å²) < 4.78 is 7.01. The molecule has 0 spiro atoms. The topological polar surface area (TPSA) is 78.9 Å². The Morgan fingerprint density at radius 2 is 2.06 bits per heavy atom. The van der Waals surface area contributed by atoms with Gasteiger partial charge in [0.15, 0.2) is 5.82 Å². The Hall–Kier alpha value is -2.11. The molecule has 0 fully saturated rings. The van der Waals surface area contributed by atoms with Gasteiger partial charge in [0.25, 0.3) is 0 Å². The lowest BCUT2D eigenvalue weighted by atomic mass is 10.1. The highest BCUT2D eigenvalue weighted by atomic mass is 16.5. The van der Waals surface area contributed by atoms with Crippen molar-refractivity contribution in [3.8, 4) is 11.6 Å². The van der Waals surface area contributed by atoms with E-state index in [0.29, 0.717) is 17.4 Å². The zero-order chi connectivity index (χ0) is 13.3. The SMILES string of the molecule is CCc1c(C)nn(-c2ncnc(N)c2OC)c1C. The first-order valence-electron chi connectivity index (χ1n) is 5.80. The first-order valence-corrected chi connectivity index (χ1v) is 5.80. The molecule has 0 aliphatic rings. The van der Waals surface area contributed by atoms with Gasteiger partial charge >= 0.3 is 0 Å². The lowest BCUT2D eigenvalue weighted by molar-refractivity contribution is 0.409. The summed E-state index contributed by atoms with van der Waals surface area (Å²) in [4.78, 5) is 8.13. The lowest BCUT2D eigenvalue weighted by Gasteiger charge is -2.10. The molecular formula is C12H17N5O. The van der Waals surface area contributed by atoms with Gasteiger partial charge < -0.3 is 10.5 Å². The van der Waals surface area contributed by atoms with Crippen molar-refractivity contribution in [2.24, 2.45) is 0 Å². The molecule has 2 aromatic heterocycles. The van der Waals surface area contributed by atoms with E-state index in [4.69, 9.17) is 10.5 Å². The van der Waals surface area contributed by atoms with E-state index in [1.54, 1.807) is 11.8 Å². The van der Waals surface area contributed by atoms with Crippen LogP contribution in [0.4, 0.5) is 5.82 Å². The minimum absolute atomic E-state index is 0.313. The van der Waals surface area contributed by atoms with Crippen molar-refractivity contribution in [3.63, 3.8) is 0 Å². The van der Waals surface area contributed by atoms with Gasteiger partial charge in [-0.25, -0.2) is 14.6 Å². The third kappa shape index (κ3) is 1.79. The molecule has 2 aromatic rings. The molecule has 0 amide bonds. The number of anilines is 1. The van der Waals surface area contributed by atoms with Gasteiger partial charge in [0.2, 0.25) is 11.6 Å². The number of nitrogens with zero attached hydrogens (tertiary/aromatic N) is 4. The molecular weight excluding hydrogens is 230 g/mol. The fraction of sp³-hybridized carbons (Fsp3) is 0.417. The predicted molar refractivity (Wildman–Crippen MR) is 69.0 cm³/mol. The molecule has 0 unspecified atom stereocenters. The Labute approximate surface area is 106 Å². The average Bonchev–Trinajstić information content (AvgIpc) is 2.64. The van der Waals surface area contributed by atoms with Crippen LogP contribution in [-0.2, 0) is 6.42 Å². The van der Waals surface area contributed by atoms with Gasteiger partial charge in [-0.2, -0.15) is 5.10 Å². The van der Waals surface area contributed by atoms with Crippen LogP contribution >= 0.6 is 0 Å². The van der Waals surface area contributed by atoms with E-state index >= 15 is 0 Å². The van der Waals surface area contributed by atoms with Gasteiger partial charge in [-0.15, -0.1) is 0 Å². The molecule has 6 nitrogen and oxygen atoms in total. The number of nitrogen functional groups attached to an aromatic ring is 1. The molecule has 2 heterocycles. The highest BCUT2D eigenvalue weighted by molar-refractivity contribution is 5.55. The van der Waals surface area contributed by atoms with Crippen LogP contribution in [0.15, 0.2) is 6.33 Å². The number of nitrogens with two attached hydrogens (primary N) is 1. The third-order valence-electron chi connectivity index (χ3n) is 3.01. The van der Waals surface area contributed by atoms with Crippen LogP contribution in [0, 0.1) is 13.8 Å². The first-order chi connectivity index (χ1) is 8.60. The Morgan fingerprint density at radius 3 is 2.61 bits per heavy atom. The molecule has 0 aliphatic heterocycles. The molecule has 0 saturated carbocycles. The minimum atomic E-state index is 0.313. The van der Waals surface area contributed by atoms with E-state index in [2.05, 4.69) is 22.0 Å². The second-order valence-corrected chi connectivity index (χ2v) is 4.03. The van der Waals surface area contributed by atoms with Crippen LogP contribution in [0.2, 0.25) is 0 Å². The number of aromatic nitrogens is 4. The largest absolute Gasteiger partial charge is 0.490 e. The van der Waals surface area contributed by atoms with Gasteiger partial charge in [-0.1, -0.05) is 6.92 Å². The molecule has 2 N–H and O–H groups in total. The van der Waals surface area contributed by atoms with Crippen molar-refractivity contribution < 1.29 is 4.74 Å². The number of ether oxygens (including phenoxy) is 1. The molecule has 0 saturated heterocycles. The number of hydrogen-bond donors (Lipinski definition) is 1. The van der Waals surface area contributed by atoms with Crippen LogP contribution in [0.3, 0.4) is 0 Å². The van der Waals surface area contributed by atoms with Crippen LogP contribution < -0.4 is 10.5 Å². The Kier molecular flexibility index (Phi) is 3.18. The second kappa shape index (κ2) is 4.64. The molecule has 0 atom stereocenters. The minimum Gasteiger partial charge on any atom is -0.490 e. The summed E-state index contributed by atoms with van der Waals surface area (Å²) in [6.45, 7) is 6.10. The van der Waals surface area contributed by atoms with Crippen LogP contribution in [-0.4, -0.2) is 26.9 Å². The maximum absolute atomic E-state index is 5.78. The van der Waals surface area contributed by atoms with E-state index in [-0.39, 0.29) is 0 Å². The summed E-state index contributed by atoms with van der Waals surface area (Å²) in [5, 5.41) is 4.49. The van der Waals surface area contributed by atoms with Gasteiger partial charge in [0.05, 0.1) is 12.8 Å². The van der Waals surface area contributed by atoms with Gasteiger partial charge in [0, 0.05) is 5.69 Å². The normalized spacial score (nSPS) is 10.7. The fourth-order valence-corrected chi connectivity index (χ4v) is 2.12. The maximum atomic E-state index is 5.78. The second-order valence-electron chi connectivity index (χ2n) is 4.03. The summed E-state index contributed by atoms with van der Waals surface area (Å²) in [7, 11) is 1.55. The summed E-state index contributed by atoms with van der Waals surface area (Å²) in [5.74, 6) is 1.34. The standard InChI is InChI=1S/C12H17N5O/c1-5-9-7(2)16-17(8(9)3)12-10(18-4)11(13)14-6-15-12/h6H,5H2,1-4H3,(H2,13,14,15). The number of methoxy groups -OCH3 is 1. The molecule has 18 heavy (non-hydrogen) atoms. The van der Waals surface area contributed by atoms with Gasteiger partial charge in [-0.3, -0.25) is 0 Å². The van der Waals surface area contributed by atoms with E-state index in [1.165, 1.54) is 11.9 Å². The van der Waals surface area contributed by atoms with Gasteiger partial charge in [-0.05, 0) is 25.8 Å². The monoisotopic (exact) mass is 247 g/mol. The van der Waals surface area contributed by atoms with Crippen molar-refractivity contribution in [1.29, 1.82) is 0 Å². The van der Waals surface area contributed by atoms with E-state index in [0.717, 1.165) is 17.8 Å². The number of hydrogen-bond acceptors (Lipinski definition) is 5. The van der Waals surface area contributed by atoms with Crippen molar-refractivity contribution in [2.75, 3.05) is 12.8 Å². The van der Waals surface area contributed by atoms with Crippen LogP contribution in [0.5, 0.6) is 5.75 Å². The zero-order valence-electron chi connectivity index (χ0n) is 11.1.